The van der Waals surface area contributed by atoms with Gasteiger partial charge in [0, 0.05) is 0 Å². The molecule has 6 nitrogen and oxygen atoms in total. The summed E-state index contributed by atoms with van der Waals surface area (Å²) in [6, 6.07) is 9.50. The highest BCUT2D eigenvalue weighted by molar-refractivity contribution is 6.74. The van der Waals surface area contributed by atoms with E-state index in [0.29, 0.717) is 0 Å². The zero-order chi connectivity index (χ0) is 19.5. The minimum atomic E-state index is -2.03. The van der Waals surface area contributed by atoms with Crippen LogP contribution in [-0.2, 0) is 20.5 Å². The lowest BCUT2D eigenvalue weighted by molar-refractivity contribution is -0.303. The summed E-state index contributed by atoms with van der Waals surface area (Å²) in [4.78, 5) is 0. The number of hydrogen-bond acceptors (Lipinski definition) is 6. The van der Waals surface area contributed by atoms with Gasteiger partial charge in [0.2, 0.25) is 0 Å². The molecule has 1 aliphatic heterocycles. The molecule has 1 aromatic carbocycles. The zero-order valence-electron chi connectivity index (χ0n) is 16.3. The SMILES string of the molecule is CC(C)(C)[Si](C)(C)OC[C@H]1O[C@@H](OCc2ccccc2)[C@H](O)[C@@H](O)[C@@H]1O. The van der Waals surface area contributed by atoms with Crippen LogP contribution in [0.1, 0.15) is 26.3 Å². The molecule has 5 atom stereocenters. The monoisotopic (exact) mass is 384 g/mol. The smallest absolute Gasteiger partial charge is 0.192 e. The molecule has 1 aromatic rings. The van der Waals surface area contributed by atoms with Gasteiger partial charge in [-0.25, -0.2) is 0 Å². The summed E-state index contributed by atoms with van der Waals surface area (Å²) in [6.45, 7) is 11.0. The number of aliphatic hydroxyl groups excluding tert-OH is 3. The quantitative estimate of drug-likeness (QED) is 0.651. The van der Waals surface area contributed by atoms with Crippen LogP contribution >= 0.6 is 0 Å². The fraction of sp³-hybridized carbons (Fsp3) is 0.684. The minimum Gasteiger partial charge on any atom is -0.414 e. The molecule has 26 heavy (non-hydrogen) atoms. The van der Waals surface area contributed by atoms with Crippen LogP contribution in [0.5, 0.6) is 0 Å². The first-order valence-electron chi connectivity index (χ1n) is 9.02. The molecule has 0 aliphatic carbocycles. The molecule has 0 bridgehead atoms. The molecular formula is C19H32O6Si. The molecule has 2 rings (SSSR count). The topological polar surface area (TPSA) is 88.4 Å². The highest BCUT2D eigenvalue weighted by Gasteiger charge is 2.46. The molecule has 1 heterocycles. The van der Waals surface area contributed by atoms with E-state index in [9.17, 15) is 15.3 Å². The van der Waals surface area contributed by atoms with Gasteiger partial charge in [0.25, 0.3) is 0 Å². The van der Waals surface area contributed by atoms with Crippen LogP contribution in [0.15, 0.2) is 30.3 Å². The second-order valence-electron chi connectivity index (χ2n) is 8.38. The molecule has 0 radical (unpaired) electrons. The van der Waals surface area contributed by atoms with Crippen molar-refractivity contribution in [2.75, 3.05) is 6.61 Å². The van der Waals surface area contributed by atoms with Crippen LogP contribution in [0.3, 0.4) is 0 Å². The molecule has 148 valence electrons. The van der Waals surface area contributed by atoms with Crippen LogP contribution in [0.25, 0.3) is 0 Å². The van der Waals surface area contributed by atoms with Gasteiger partial charge in [-0.1, -0.05) is 51.1 Å². The van der Waals surface area contributed by atoms with Crippen molar-refractivity contribution >= 4 is 8.32 Å². The molecule has 1 fully saturated rings. The Bertz CT molecular complexity index is 559. The Hall–Kier alpha value is -0.803. The fourth-order valence-corrected chi connectivity index (χ4v) is 3.47. The van der Waals surface area contributed by atoms with E-state index in [1.807, 2.05) is 30.3 Å². The Labute approximate surface area is 156 Å². The second-order valence-corrected chi connectivity index (χ2v) is 13.2. The van der Waals surface area contributed by atoms with E-state index in [2.05, 4.69) is 33.9 Å². The zero-order valence-corrected chi connectivity index (χ0v) is 17.3. The van der Waals surface area contributed by atoms with Gasteiger partial charge in [-0.15, -0.1) is 0 Å². The van der Waals surface area contributed by atoms with Crippen LogP contribution in [0, 0.1) is 0 Å². The third kappa shape index (κ3) is 5.13. The normalized spacial score (nSPS) is 30.4. The molecule has 0 aromatic heterocycles. The van der Waals surface area contributed by atoms with Crippen molar-refractivity contribution in [3.63, 3.8) is 0 Å². The standard InChI is InChI=1S/C19H32O6Si/c1-19(2,3)26(4,5)24-12-14-15(20)16(21)17(22)18(25-14)23-11-13-9-7-6-8-10-13/h6-10,14-18,20-22H,11-12H2,1-5H3/t14-,15-,16+,17-,18-/m1/s1. The first-order chi connectivity index (χ1) is 12.0. The fourth-order valence-electron chi connectivity index (χ4n) is 2.45. The Morgan fingerprint density at radius 2 is 1.62 bits per heavy atom. The van der Waals surface area contributed by atoms with Crippen LogP contribution in [-0.4, -0.2) is 60.9 Å². The summed E-state index contributed by atoms with van der Waals surface area (Å²) in [7, 11) is -2.03. The van der Waals surface area contributed by atoms with Crippen molar-refractivity contribution in [3.05, 3.63) is 35.9 Å². The predicted octanol–water partition coefficient (Wildman–Crippen LogP) is 2.03. The molecular weight excluding hydrogens is 352 g/mol. The summed E-state index contributed by atoms with van der Waals surface area (Å²) in [6.07, 6.45) is -5.69. The Morgan fingerprint density at radius 3 is 2.19 bits per heavy atom. The van der Waals surface area contributed by atoms with Crippen molar-refractivity contribution < 1.29 is 29.2 Å². The Morgan fingerprint density at radius 1 is 1.00 bits per heavy atom. The summed E-state index contributed by atoms with van der Waals surface area (Å²) in [5.41, 5.74) is 0.929. The maximum Gasteiger partial charge on any atom is 0.192 e. The van der Waals surface area contributed by atoms with E-state index < -0.39 is 39.0 Å². The van der Waals surface area contributed by atoms with Crippen LogP contribution in [0.4, 0.5) is 0 Å². The van der Waals surface area contributed by atoms with Crippen LogP contribution in [0.2, 0.25) is 18.1 Å². The van der Waals surface area contributed by atoms with E-state index in [4.69, 9.17) is 13.9 Å². The highest BCUT2D eigenvalue weighted by atomic mass is 28.4. The van der Waals surface area contributed by atoms with Crippen molar-refractivity contribution in [3.8, 4) is 0 Å². The number of ether oxygens (including phenoxy) is 2. The van der Waals surface area contributed by atoms with E-state index in [1.165, 1.54) is 0 Å². The lowest BCUT2D eigenvalue weighted by Crippen LogP contribution is -2.60. The highest BCUT2D eigenvalue weighted by Crippen LogP contribution is 2.37. The largest absolute Gasteiger partial charge is 0.414 e. The molecule has 0 unspecified atom stereocenters. The van der Waals surface area contributed by atoms with Gasteiger partial charge in [-0.05, 0) is 23.7 Å². The summed E-state index contributed by atoms with van der Waals surface area (Å²) in [5.74, 6) is 0. The molecule has 3 N–H and O–H groups in total. The number of rotatable bonds is 6. The summed E-state index contributed by atoms with van der Waals surface area (Å²) >= 11 is 0. The number of aliphatic hydroxyl groups is 3. The lowest BCUT2D eigenvalue weighted by Gasteiger charge is -2.42. The Balaban J connectivity index is 1.98. The predicted molar refractivity (Wildman–Crippen MR) is 101 cm³/mol. The first-order valence-corrected chi connectivity index (χ1v) is 11.9. The molecule has 0 spiro atoms. The van der Waals surface area contributed by atoms with Crippen molar-refractivity contribution in [1.82, 2.24) is 0 Å². The van der Waals surface area contributed by atoms with Crippen molar-refractivity contribution in [1.29, 1.82) is 0 Å². The van der Waals surface area contributed by atoms with Crippen molar-refractivity contribution in [2.24, 2.45) is 0 Å². The van der Waals surface area contributed by atoms with Crippen LogP contribution < -0.4 is 0 Å². The average molecular weight is 385 g/mol. The maximum absolute atomic E-state index is 10.3. The molecule has 0 saturated carbocycles. The van der Waals surface area contributed by atoms with E-state index in [-0.39, 0.29) is 18.3 Å². The number of benzene rings is 1. The molecule has 1 saturated heterocycles. The van der Waals surface area contributed by atoms with Gasteiger partial charge in [-0.2, -0.15) is 0 Å². The van der Waals surface area contributed by atoms with E-state index in [0.717, 1.165) is 5.56 Å². The maximum atomic E-state index is 10.3. The van der Waals surface area contributed by atoms with Gasteiger partial charge in [0.1, 0.15) is 24.4 Å². The van der Waals surface area contributed by atoms with Crippen molar-refractivity contribution in [2.45, 2.75) is 76.2 Å². The summed E-state index contributed by atoms with van der Waals surface area (Å²) in [5, 5.41) is 30.6. The number of hydrogen-bond donors (Lipinski definition) is 3. The van der Waals surface area contributed by atoms with E-state index >= 15 is 0 Å². The third-order valence-electron chi connectivity index (χ3n) is 5.34. The molecule has 0 amide bonds. The lowest BCUT2D eigenvalue weighted by atomic mass is 9.99. The minimum absolute atomic E-state index is 0.0218. The van der Waals surface area contributed by atoms with E-state index in [1.54, 1.807) is 0 Å². The van der Waals surface area contributed by atoms with Gasteiger partial charge in [0.05, 0.1) is 13.2 Å². The van der Waals surface area contributed by atoms with Gasteiger partial charge in [0.15, 0.2) is 14.6 Å². The first kappa shape index (κ1) is 21.5. The van der Waals surface area contributed by atoms with Gasteiger partial charge in [-0.3, -0.25) is 0 Å². The average Bonchev–Trinajstić information content (AvgIpc) is 2.58. The second kappa shape index (κ2) is 8.47. The van der Waals surface area contributed by atoms with Gasteiger partial charge < -0.3 is 29.2 Å². The van der Waals surface area contributed by atoms with Gasteiger partial charge >= 0.3 is 0 Å². The third-order valence-corrected chi connectivity index (χ3v) is 9.84. The molecule has 1 aliphatic rings. The summed E-state index contributed by atoms with van der Waals surface area (Å²) < 4.78 is 17.5. The molecule has 7 heteroatoms. The Kier molecular flexibility index (Phi) is 7.01.